The zero-order valence-corrected chi connectivity index (χ0v) is 25.0. The number of benzene rings is 7. The Labute approximate surface area is 262 Å². The molecular weight excluding hydrogens is 562 g/mol. The summed E-state index contributed by atoms with van der Waals surface area (Å²) in [5.41, 5.74) is 13.1. The SMILES string of the molecule is Cc1ccc(-c2cc3c4ccc5c6ccccc6oc5c4n4c3c(c2)c2ccc3c5ccccc5oc3c24)c(-c2ccccc2)c1. The third kappa shape index (κ3) is 3.02. The zero-order valence-electron chi connectivity index (χ0n) is 25.0. The Bertz CT molecular complexity index is 2870. The fraction of sp³-hybridized carbons (Fsp3) is 0.0233. The summed E-state index contributed by atoms with van der Waals surface area (Å²) in [5, 5.41) is 9.29. The molecule has 0 N–H and O–H groups in total. The molecule has 0 radical (unpaired) electrons. The van der Waals surface area contributed by atoms with Crippen molar-refractivity contribution >= 4 is 82.0 Å². The molecule has 214 valence electrons. The van der Waals surface area contributed by atoms with E-state index < -0.39 is 0 Å². The van der Waals surface area contributed by atoms with E-state index in [4.69, 9.17) is 8.83 Å². The van der Waals surface area contributed by atoms with Gasteiger partial charge in [0.25, 0.3) is 0 Å². The Balaban J connectivity index is 1.37. The van der Waals surface area contributed by atoms with Crippen LogP contribution >= 0.6 is 0 Å². The molecule has 0 bridgehead atoms. The van der Waals surface area contributed by atoms with Crippen LogP contribution < -0.4 is 0 Å². The maximum atomic E-state index is 6.70. The van der Waals surface area contributed by atoms with Crippen LogP contribution in [0.2, 0.25) is 0 Å². The molecule has 4 aromatic heterocycles. The fourth-order valence-electron chi connectivity index (χ4n) is 7.97. The van der Waals surface area contributed by atoms with Crippen molar-refractivity contribution in [1.29, 1.82) is 0 Å². The average molecular weight is 588 g/mol. The quantitative estimate of drug-likeness (QED) is 0.201. The normalized spacial score (nSPS) is 12.5. The molecule has 3 heteroatoms. The number of hydrogen-bond donors (Lipinski definition) is 0. The van der Waals surface area contributed by atoms with Crippen LogP contribution in [0.5, 0.6) is 0 Å². The molecule has 0 saturated heterocycles. The molecule has 0 amide bonds. The van der Waals surface area contributed by atoms with Crippen LogP contribution in [-0.2, 0) is 0 Å². The summed E-state index contributed by atoms with van der Waals surface area (Å²) < 4.78 is 15.8. The van der Waals surface area contributed by atoms with Crippen molar-refractivity contribution in [2.75, 3.05) is 0 Å². The topological polar surface area (TPSA) is 30.7 Å². The number of aryl methyl sites for hydroxylation is 1. The van der Waals surface area contributed by atoms with Crippen molar-refractivity contribution in [1.82, 2.24) is 4.40 Å². The first kappa shape index (κ1) is 24.3. The highest BCUT2D eigenvalue weighted by Gasteiger charge is 2.25. The van der Waals surface area contributed by atoms with Gasteiger partial charge in [-0.05, 0) is 65.6 Å². The highest BCUT2D eigenvalue weighted by Crippen LogP contribution is 2.48. The molecule has 0 aliphatic heterocycles. The van der Waals surface area contributed by atoms with Crippen molar-refractivity contribution in [3.63, 3.8) is 0 Å². The number of rotatable bonds is 2. The van der Waals surface area contributed by atoms with E-state index in [2.05, 4.69) is 133 Å². The van der Waals surface area contributed by atoms with E-state index in [0.29, 0.717) is 0 Å². The molecule has 0 fully saturated rings. The van der Waals surface area contributed by atoms with Gasteiger partial charge in [-0.2, -0.15) is 0 Å². The van der Waals surface area contributed by atoms with Crippen LogP contribution in [-0.4, -0.2) is 4.40 Å². The Kier molecular flexibility index (Phi) is 4.52. The maximum Gasteiger partial charge on any atom is 0.160 e. The van der Waals surface area contributed by atoms with Gasteiger partial charge in [0, 0.05) is 43.1 Å². The first-order valence-electron chi connectivity index (χ1n) is 15.8. The van der Waals surface area contributed by atoms with Crippen molar-refractivity contribution < 1.29 is 8.83 Å². The van der Waals surface area contributed by atoms with Gasteiger partial charge in [0.05, 0.1) is 16.6 Å². The van der Waals surface area contributed by atoms with E-state index in [-0.39, 0.29) is 0 Å². The van der Waals surface area contributed by atoms with E-state index in [1.807, 2.05) is 12.1 Å². The second-order valence-corrected chi connectivity index (χ2v) is 12.5. The number of para-hydroxylation sites is 2. The van der Waals surface area contributed by atoms with Crippen molar-refractivity contribution in [3.8, 4) is 22.3 Å². The van der Waals surface area contributed by atoms with E-state index in [1.165, 1.54) is 54.9 Å². The number of aromatic nitrogens is 1. The third-order valence-corrected chi connectivity index (χ3v) is 9.97. The van der Waals surface area contributed by atoms with E-state index in [0.717, 1.165) is 54.9 Å². The molecule has 0 unspecified atom stereocenters. The van der Waals surface area contributed by atoms with Crippen molar-refractivity contribution in [2.24, 2.45) is 0 Å². The minimum Gasteiger partial charge on any atom is -0.454 e. The van der Waals surface area contributed by atoms with Crippen molar-refractivity contribution in [2.45, 2.75) is 6.92 Å². The smallest absolute Gasteiger partial charge is 0.160 e. The molecule has 7 aromatic carbocycles. The maximum absolute atomic E-state index is 6.70. The highest BCUT2D eigenvalue weighted by molar-refractivity contribution is 6.32. The lowest BCUT2D eigenvalue weighted by molar-refractivity contribution is 0.670. The van der Waals surface area contributed by atoms with Gasteiger partial charge in [-0.3, -0.25) is 0 Å². The summed E-state index contributed by atoms with van der Waals surface area (Å²) in [6.07, 6.45) is 0. The molecule has 11 aromatic rings. The van der Waals surface area contributed by atoms with Gasteiger partial charge in [-0.1, -0.05) is 103 Å². The molecule has 0 saturated carbocycles. The highest BCUT2D eigenvalue weighted by atomic mass is 16.3. The number of nitrogens with zero attached hydrogens (tertiary/aromatic N) is 1. The van der Waals surface area contributed by atoms with Gasteiger partial charge >= 0.3 is 0 Å². The summed E-state index contributed by atoms with van der Waals surface area (Å²) in [7, 11) is 0. The minimum atomic E-state index is 0.899. The lowest BCUT2D eigenvalue weighted by atomic mass is 9.91. The monoisotopic (exact) mass is 587 g/mol. The number of fused-ring (bicyclic) bond motifs is 14. The Morgan fingerprint density at radius 1 is 0.391 bits per heavy atom. The molecule has 0 spiro atoms. The largest absolute Gasteiger partial charge is 0.454 e. The minimum absolute atomic E-state index is 0.899. The fourth-order valence-corrected chi connectivity index (χ4v) is 7.97. The van der Waals surface area contributed by atoms with Crippen LogP contribution in [0.4, 0.5) is 0 Å². The Morgan fingerprint density at radius 2 is 0.935 bits per heavy atom. The Hall–Kier alpha value is -6.06. The third-order valence-electron chi connectivity index (χ3n) is 9.97. The molecule has 0 aliphatic carbocycles. The number of hydrogen-bond acceptors (Lipinski definition) is 2. The molecule has 46 heavy (non-hydrogen) atoms. The lowest BCUT2D eigenvalue weighted by Gasteiger charge is -2.12. The summed E-state index contributed by atoms with van der Waals surface area (Å²) in [5.74, 6) is 0. The molecule has 11 rings (SSSR count). The molecular formula is C43H25NO2. The van der Waals surface area contributed by atoms with Crippen LogP contribution in [0.15, 0.2) is 142 Å². The Morgan fingerprint density at radius 3 is 1.54 bits per heavy atom. The second-order valence-electron chi connectivity index (χ2n) is 12.5. The lowest BCUT2D eigenvalue weighted by Crippen LogP contribution is -1.87. The van der Waals surface area contributed by atoms with E-state index in [1.54, 1.807) is 0 Å². The van der Waals surface area contributed by atoms with Gasteiger partial charge in [-0.15, -0.1) is 0 Å². The average Bonchev–Trinajstić information content (AvgIpc) is 3.84. The first-order chi connectivity index (χ1) is 22.7. The van der Waals surface area contributed by atoms with Gasteiger partial charge in [-0.25, -0.2) is 0 Å². The van der Waals surface area contributed by atoms with E-state index in [9.17, 15) is 0 Å². The summed E-state index contributed by atoms with van der Waals surface area (Å²) in [6, 6.07) is 48.0. The van der Waals surface area contributed by atoms with Crippen molar-refractivity contribution in [3.05, 3.63) is 139 Å². The van der Waals surface area contributed by atoms with Crippen LogP contribution in [0.3, 0.4) is 0 Å². The standard InChI is InChI=1S/C43H25NO2/c1-24-15-16-27(34(21-24)25-9-3-2-4-10-25)26-22-35-30-17-19-32-28-11-5-7-13-37(28)45-42(32)40(30)44-39(35)36(23-26)31-18-20-33-29-12-6-8-14-38(29)46-43(33)41(31)44/h2-23H,1H3. The first-order valence-corrected chi connectivity index (χ1v) is 15.8. The predicted molar refractivity (Wildman–Crippen MR) is 191 cm³/mol. The van der Waals surface area contributed by atoms with E-state index >= 15 is 0 Å². The summed E-state index contributed by atoms with van der Waals surface area (Å²) in [4.78, 5) is 0. The summed E-state index contributed by atoms with van der Waals surface area (Å²) in [6.45, 7) is 2.17. The van der Waals surface area contributed by atoms with Gasteiger partial charge in [0.1, 0.15) is 11.2 Å². The van der Waals surface area contributed by atoms with Crippen LogP contribution in [0, 0.1) is 6.92 Å². The molecule has 4 heterocycles. The van der Waals surface area contributed by atoms with Gasteiger partial charge < -0.3 is 13.2 Å². The predicted octanol–water partition coefficient (Wildman–Crippen LogP) is 12.3. The van der Waals surface area contributed by atoms with Crippen LogP contribution in [0.25, 0.3) is 104 Å². The van der Waals surface area contributed by atoms with Gasteiger partial charge in [0.2, 0.25) is 0 Å². The second kappa shape index (κ2) is 8.56. The summed E-state index contributed by atoms with van der Waals surface area (Å²) >= 11 is 0. The molecule has 0 atom stereocenters. The zero-order chi connectivity index (χ0) is 30.1. The van der Waals surface area contributed by atoms with Crippen LogP contribution in [0.1, 0.15) is 5.56 Å². The molecule has 3 nitrogen and oxygen atoms in total. The molecule has 0 aliphatic rings. The van der Waals surface area contributed by atoms with Gasteiger partial charge in [0.15, 0.2) is 11.2 Å². The number of furan rings is 2.